The van der Waals surface area contributed by atoms with Crippen molar-refractivity contribution < 1.29 is 22.3 Å². The Hall–Kier alpha value is -4.43. The van der Waals surface area contributed by atoms with Crippen LogP contribution in [0.4, 0.5) is 10.1 Å². The van der Waals surface area contributed by atoms with E-state index < -0.39 is 21.4 Å². The molecule has 0 saturated carbocycles. The lowest BCUT2D eigenvalue weighted by Gasteiger charge is -2.09. The number of aromatic nitrogens is 1. The first-order valence-corrected chi connectivity index (χ1v) is 13.2. The number of benzene rings is 4. The maximum atomic E-state index is 14.1. The number of carbonyl (C=O) groups is 1. The molecule has 0 radical (unpaired) electrons. The van der Waals surface area contributed by atoms with Crippen LogP contribution in [0.25, 0.3) is 10.9 Å². The molecule has 37 heavy (non-hydrogen) atoms. The summed E-state index contributed by atoms with van der Waals surface area (Å²) in [5.74, 6) is -0.0353. The van der Waals surface area contributed by atoms with Gasteiger partial charge < -0.3 is 14.6 Å². The second-order valence-electron chi connectivity index (χ2n) is 8.48. The van der Waals surface area contributed by atoms with E-state index in [-0.39, 0.29) is 22.9 Å². The number of ether oxygens (including phenoxy) is 1. The van der Waals surface area contributed by atoms with Crippen molar-refractivity contribution in [1.29, 1.82) is 0 Å². The highest BCUT2D eigenvalue weighted by Gasteiger charge is 2.23. The van der Waals surface area contributed by atoms with E-state index in [1.54, 1.807) is 59.2 Å². The normalized spacial score (nSPS) is 11.4. The third-order valence-electron chi connectivity index (χ3n) is 5.82. The van der Waals surface area contributed by atoms with Gasteiger partial charge >= 0.3 is 0 Å². The molecule has 0 saturated heterocycles. The molecule has 0 aliphatic rings. The maximum absolute atomic E-state index is 14.1. The minimum Gasteiger partial charge on any atom is -0.457 e. The van der Waals surface area contributed by atoms with E-state index in [0.29, 0.717) is 28.1 Å². The second kappa shape index (κ2) is 10.3. The molecule has 0 fully saturated rings. The van der Waals surface area contributed by atoms with E-state index in [2.05, 4.69) is 5.32 Å². The van der Waals surface area contributed by atoms with Gasteiger partial charge in [0.1, 0.15) is 23.9 Å². The SMILES string of the molecule is O=C(Cn1cc(S(=O)(=O)Cc2ccccc2F)c2ccccc21)Nc1ccc(Oc2ccccc2)cc1. The molecule has 1 amide bonds. The highest BCUT2D eigenvalue weighted by molar-refractivity contribution is 7.90. The molecule has 5 rings (SSSR count). The van der Waals surface area contributed by atoms with Gasteiger partial charge in [-0.1, -0.05) is 54.6 Å². The molecule has 0 unspecified atom stereocenters. The van der Waals surface area contributed by atoms with Crippen molar-refractivity contribution in [1.82, 2.24) is 4.57 Å². The highest BCUT2D eigenvalue weighted by atomic mass is 32.2. The summed E-state index contributed by atoms with van der Waals surface area (Å²) in [6, 6.07) is 29.1. The molecule has 0 spiro atoms. The topological polar surface area (TPSA) is 77.4 Å². The largest absolute Gasteiger partial charge is 0.457 e. The van der Waals surface area contributed by atoms with Crippen molar-refractivity contribution in [3.63, 3.8) is 0 Å². The van der Waals surface area contributed by atoms with E-state index >= 15 is 0 Å². The van der Waals surface area contributed by atoms with Gasteiger partial charge in [-0.25, -0.2) is 12.8 Å². The first-order valence-electron chi connectivity index (χ1n) is 11.6. The van der Waals surface area contributed by atoms with Gasteiger partial charge in [-0.3, -0.25) is 4.79 Å². The first kappa shape index (κ1) is 24.3. The number of hydrogen-bond donors (Lipinski definition) is 1. The van der Waals surface area contributed by atoms with Crippen molar-refractivity contribution >= 4 is 32.3 Å². The Bertz CT molecular complexity index is 1660. The zero-order chi connectivity index (χ0) is 25.8. The maximum Gasteiger partial charge on any atom is 0.244 e. The molecule has 8 heteroatoms. The highest BCUT2D eigenvalue weighted by Crippen LogP contribution is 2.29. The van der Waals surface area contributed by atoms with Crippen LogP contribution in [0.5, 0.6) is 11.5 Å². The number of sulfone groups is 1. The Kier molecular flexibility index (Phi) is 6.74. The van der Waals surface area contributed by atoms with Gasteiger partial charge in [0.05, 0.1) is 10.6 Å². The summed E-state index contributed by atoms with van der Waals surface area (Å²) in [4.78, 5) is 12.9. The Balaban J connectivity index is 1.33. The minimum atomic E-state index is -3.87. The molecule has 1 aromatic heterocycles. The van der Waals surface area contributed by atoms with Crippen LogP contribution in [0.3, 0.4) is 0 Å². The summed E-state index contributed by atoms with van der Waals surface area (Å²) in [7, 11) is -3.87. The lowest BCUT2D eigenvalue weighted by Crippen LogP contribution is -2.18. The molecule has 0 aliphatic heterocycles. The average molecular weight is 515 g/mol. The molecule has 0 aliphatic carbocycles. The average Bonchev–Trinajstić information content (AvgIpc) is 3.26. The lowest BCUT2D eigenvalue weighted by atomic mass is 10.2. The number of nitrogens with one attached hydrogen (secondary N) is 1. The second-order valence-corrected chi connectivity index (χ2v) is 10.4. The molecule has 0 atom stereocenters. The smallest absolute Gasteiger partial charge is 0.244 e. The monoisotopic (exact) mass is 514 g/mol. The molecule has 5 aromatic rings. The van der Waals surface area contributed by atoms with Crippen LogP contribution in [0.1, 0.15) is 5.56 Å². The van der Waals surface area contributed by atoms with Crippen LogP contribution in [0.15, 0.2) is 114 Å². The zero-order valence-electron chi connectivity index (χ0n) is 19.7. The first-order chi connectivity index (χ1) is 17.9. The fourth-order valence-electron chi connectivity index (χ4n) is 4.08. The molecule has 186 valence electrons. The summed E-state index contributed by atoms with van der Waals surface area (Å²) in [5, 5.41) is 3.31. The van der Waals surface area contributed by atoms with Gasteiger partial charge in [0.2, 0.25) is 5.91 Å². The zero-order valence-corrected chi connectivity index (χ0v) is 20.5. The van der Waals surface area contributed by atoms with Crippen LogP contribution in [-0.4, -0.2) is 18.9 Å². The molecule has 1 heterocycles. The van der Waals surface area contributed by atoms with Gasteiger partial charge in [-0.2, -0.15) is 0 Å². The van der Waals surface area contributed by atoms with E-state index in [1.807, 2.05) is 30.3 Å². The lowest BCUT2D eigenvalue weighted by molar-refractivity contribution is -0.116. The summed E-state index contributed by atoms with van der Waals surface area (Å²) >= 11 is 0. The number of nitrogens with zero attached hydrogens (tertiary/aromatic N) is 1. The number of hydrogen-bond acceptors (Lipinski definition) is 4. The number of carbonyl (C=O) groups excluding carboxylic acids is 1. The molecule has 0 bridgehead atoms. The Morgan fingerprint density at radius 1 is 0.811 bits per heavy atom. The number of amides is 1. The molecule has 4 aromatic carbocycles. The van der Waals surface area contributed by atoms with Crippen LogP contribution in [0.2, 0.25) is 0 Å². The number of rotatable bonds is 8. The van der Waals surface area contributed by atoms with Crippen molar-refractivity contribution in [2.24, 2.45) is 0 Å². The predicted molar refractivity (Wildman–Crippen MR) is 141 cm³/mol. The third-order valence-corrected chi connectivity index (χ3v) is 7.51. The summed E-state index contributed by atoms with van der Waals surface area (Å²) < 4.78 is 48.0. The quantitative estimate of drug-likeness (QED) is 0.268. The van der Waals surface area contributed by atoms with Crippen molar-refractivity contribution in [3.05, 3.63) is 121 Å². The van der Waals surface area contributed by atoms with Crippen LogP contribution < -0.4 is 10.1 Å². The van der Waals surface area contributed by atoms with Crippen molar-refractivity contribution in [3.8, 4) is 11.5 Å². The Labute approximate surface area is 213 Å². The fourth-order valence-corrected chi connectivity index (χ4v) is 5.67. The number of para-hydroxylation sites is 2. The van der Waals surface area contributed by atoms with Crippen molar-refractivity contribution in [2.45, 2.75) is 17.2 Å². The van der Waals surface area contributed by atoms with Gasteiger partial charge in [-0.05, 0) is 48.5 Å². The van der Waals surface area contributed by atoms with Crippen LogP contribution in [-0.2, 0) is 26.9 Å². The molecule has 1 N–H and O–H groups in total. The van der Waals surface area contributed by atoms with Gasteiger partial charge in [0, 0.05) is 28.4 Å². The minimum absolute atomic E-state index is 0.0570. The van der Waals surface area contributed by atoms with Crippen LogP contribution >= 0.6 is 0 Å². The Morgan fingerprint density at radius 2 is 1.46 bits per heavy atom. The summed E-state index contributed by atoms with van der Waals surface area (Å²) in [6.45, 7) is -0.0992. The fraction of sp³-hybridized carbons (Fsp3) is 0.0690. The van der Waals surface area contributed by atoms with Gasteiger partial charge in [0.15, 0.2) is 9.84 Å². The molecule has 6 nitrogen and oxygen atoms in total. The van der Waals surface area contributed by atoms with Gasteiger partial charge in [-0.15, -0.1) is 0 Å². The number of anilines is 1. The summed E-state index contributed by atoms with van der Waals surface area (Å²) in [5.41, 5.74) is 1.27. The summed E-state index contributed by atoms with van der Waals surface area (Å²) in [6.07, 6.45) is 1.44. The Morgan fingerprint density at radius 3 is 2.22 bits per heavy atom. The van der Waals surface area contributed by atoms with Crippen LogP contribution in [0, 0.1) is 5.82 Å². The standard InChI is InChI=1S/C29H23FN2O4S/c30-26-12-6-4-8-21(26)20-37(34,35)28-18-32(27-13-7-5-11-25(27)28)19-29(33)31-22-14-16-24(17-15-22)36-23-9-2-1-3-10-23/h1-18H,19-20H2,(H,31,33). The molecular weight excluding hydrogens is 491 g/mol. The number of halogens is 1. The molecular formula is C29H23FN2O4S. The van der Waals surface area contributed by atoms with E-state index in [1.165, 1.54) is 24.4 Å². The third kappa shape index (κ3) is 5.54. The van der Waals surface area contributed by atoms with E-state index in [0.717, 1.165) is 0 Å². The van der Waals surface area contributed by atoms with Crippen molar-refractivity contribution in [2.75, 3.05) is 5.32 Å². The predicted octanol–water partition coefficient (Wildman–Crippen LogP) is 6.19. The van der Waals surface area contributed by atoms with E-state index in [4.69, 9.17) is 4.74 Å². The number of fused-ring (bicyclic) bond motifs is 1. The van der Waals surface area contributed by atoms with E-state index in [9.17, 15) is 17.6 Å². The van der Waals surface area contributed by atoms with Gasteiger partial charge in [0.25, 0.3) is 0 Å².